The lowest BCUT2D eigenvalue weighted by Gasteiger charge is -2.14. The summed E-state index contributed by atoms with van der Waals surface area (Å²) in [5, 5.41) is 15.1. The Balaban J connectivity index is 1.37. The van der Waals surface area contributed by atoms with Crippen LogP contribution < -0.4 is 0 Å². The van der Waals surface area contributed by atoms with Crippen LogP contribution in [0.4, 0.5) is 0 Å². The molecule has 3 heterocycles. The number of aryl methyl sites for hydroxylation is 3. The van der Waals surface area contributed by atoms with Gasteiger partial charge < -0.3 is 9.13 Å². The van der Waals surface area contributed by atoms with Crippen molar-refractivity contribution in [2.75, 3.05) is 0 Å². The average Bonchev–Trinajstić information content (AvgIpc) is 3.76. The number of benzene rings is 4. The van der Waals surface area contributed by atoms with E-state index in [2.05, 4.69) is 127 Å². The first kappa shape index (κ1) is 27.2. The van der Waals surface area contributed by atoms with E-state index < -0.39 is 0 Å². The van der Waals surface area contributed by atoms with Gasteiger partial charge in [-0.15, -0.1) is 10.2 Å². The van der Waals surface area contributed by atoms with Crippen LogP contribution in [0.3, 0.4) is 0 Å². The van der Waals surface area contributed by atoms with E-state index in [1.807, 2.05) is 18.2 Å². The summed E-state index contributed by atoms with van der Waals surface area (Å²) in [7, 11) is 0. The number of hydrogen-bond donors (Lipinski definition) is 1. The third kappa shape index (κ3) is 4.93. The first-order valence-electron chi connectivity index (χ1n) is 14.6. The molecule has 7 rings (SSSR count). The molecule has 0 aliphatic rings. The van der Waals surface area contributed by atoms with Gasteiger partial charge in [-0.25, -0.2) is 9.97 Å². The molecule has 0 aliphatic carbocycles. The molecule has 7 aromatic rings. The van der Waals surface area contributed by atoms with E-state index in [9.17, 15) is 0 Å². The van der Waals surface area contributed by atoms with Crippen molar-refractivity contribution in [1.82, 2.24) is 39.7 Å². The SMILES string of the molecule is CCCc1nc2c(C)cc(-c3nc4cc(Br)ccc4n3CC)cc2n1Cc1ccc(-c2ccccc2)c(-c2nn[nH]n2)c1. The van der Waals surface area contributed by atoms with E-state index >= 15 is 0 Å². The Bertz CT molecular complexity index is 2070. The highest BCUT2D eigenvalue weighted by molar-refractivity contribution is 9.10. The molecule has 0 fully saturated rings. The minimum Gasteiger partial charge on any atom is -0.324 e. The van der Waals surface area contributed by atoms with Gasteiger partial charge in [0, 0.05) is 35.1 Å². The number of H-pyrrole nitrogens is 1. The van der Waals surface area contributed by atoms with Gasteiger partial charge in [0.2, 0.25) is 5.82 Å². The van der Waals surface area contributed by atoms with Gasteiger partial charge in [-0.05, 0) is 84.1 Å². The van der Waals surface area contributed by atoms with Gasteiger partial charge in [0.05, 0.1) is 22.1 Å². The van der Waals surface area contributed by atoms with Gasteiger partial charge in [0.1, 0.15) is 11.6 Å². The molecular formula is C34H31BrN8. The maximum atomic E-state index is 5.16. The maximum absolute atomic E-state index is 5.16. The van der Waals surface area contributed by atoms with Crippen molar-refractivity contribution in [3.63, 3.8) is 0 Å². The zero-order valence-corrected chi connectivity index (χ0v) is 25.9. The van der Waals surface area contributed by atoms with Crippen molar-refractivity contribution >= 4 is 38.0 Å². The van der Waals surface area contributed by atoms with E-state index in [0.717, 1.165) is 91.0 Å². The lowest BCUT2D eigenvalue weighted by molar-refractivity contribution is 0.722. The van der Waals surface area contributed by atoms with Crippen LogP contribution in [-0.4, -0.2) is 39.7 Å². The van der Waals surface area contributed by atoms with Crippen LogP contribution >= 0.6 is 15.9 Å². The summed E-state index contributed by atoms with van der Waals surface area (Å²) in [6.07, 6.45) is 1.90. The van der Waals surface area contributed by atoms with Crippen LogP contribution in [-0.2, 0) is 19.5 Å². The molecule has 1 N–H and O–H groups in total. The maximum Gasteiger partial charge on any atom is 0.205 e. The number of halogens is 1. The normalized spacial score (nSPS) is 11.6. The molecule has 9 heteroatoms. The van der Waals surface area contributed by atoms with Crippen LogP contribution in [0.1, 0.15) is 37.2 Å². The molecule has 43 heavy (non-hydrogen) atoms. The lowest BCUT2D eigenvalue weighted by Crippen LogP contribution is -2.06. The van der Waals surface area contributed by atoms with Crippen molar-refractivity contribution in [1.29, 1.82) is 0 Å². The van der Waals surface area contributed by atoms with Gasteiger partial charge in [-0.2, -0.15) is 5.21 Å². The quantitative estimate of drug-likeness (QED) is 0.184. The van der Waals surface area contributed by atoms with Crippen molar-refractivity contribution < 1.29 is 0 Å². The standard InChI is InChI=1S/C34H31BrN8/c1-4-9-31-37-32-21(3)16-24(34-36-28-19-25(35)13-15-29(28)42(34)5-2)18-30(32)43(31)20-22-12-14-26(23-10-7-6-8-11-23)27(17-22)33-38-40-41-39-33/h6-8,10-19H,4-5,9,20H2,1-3H3,(H,38,39,40,41). The summed E-state index contributed by atoms with van der Waals surface area (Å²) in [6, 6.07) is 27.6. The van der Waals surface area contributed by atoms with E-state index in [-0.39, 0.29) is 0 Å². The second-order valence-electron chi connectivity index (χ2n) is 10.8. The van der Waals surface area contributed by atoms with Gasteiger partial charge >= 0.3 is 0 Å². The number of nitrogens with one attached hydrogen (secondary N) is 1. The molecule has 8 nitrogen and oxygen atoms in total. The summed E-state index contributed by atoms with van der Waals surface area (Å²) in [5.74, 6) is 2.63. The zero-order chi connectivity index (χ0) is 29.5. The van der Waals surface area contributed by atoms with E-state index in [1.165, 1.54) is 0 Å². The Morgan fingerprint density at radius 1 is 0.814 bits per heavy atom. The average molecular weight is 632 g/mol. The highest BCUT2D eigenvalue weighted by Crippen LogP contribution is 2.34. The van der Waals surface area contributed by atoms with E-state index in [0.29, 0.717) is 12.4 Å². The molecule has 0 saturated carbocycles. The number of hydrogen-bond acceptors (Lipinski definition) is 5. The second-order valence-corrected chi connectivity index (χ2v) is 11.7. The highest BCUT2D eigenvalue weighted by atomic mass is 79.9. The smallest absolute Gasteiger partial charge is 0.205 e. The molecule has 0 bridgehead atoms. The van der Waals surface area contributed by atoms with Crippen LogP contribution in [0, 0.1) is 6.92 Å². The van der Waals surface area contributed by atoms with Gasteiger partial charge in [0.15, 0.2) is 0 Å². The second kappa shape index (κ2) is 11.2. The van der Waals surface area contributed by atoms with Gasteiger partial charge in [-0.3, -0.25) is 0 Å². The summed E-state index contributed by atoms with van der Waals surface area (Å²) < 4.78 is 5.68. The Hall–Kier alpha value is -4.63. The van der Waals surface area contributed by atoms with E-state index in [1.54, 1.807) is 0 Å². The molecule has 0 spiro atoms. The Kier molecular flexibility index (Phi) is 7.10. The molecule has 0 unspecified atom stereocenters. The highest BCUT2D eigenvalue weighted by Gasteiger charge is 2.19. The van der Waals surface area contributed by atoms with E-state index in [4.69, 9.17) is 9.97 Å². The van der Waals surface area contributed by atoms with Crippen LogP contribution in [0.25, 0.3) is 56.0 Å². The first-order chi connectivity index (χ1) is 21.0. The topological polar surface area (TPSA) is 90.1 Å². The summed E-state index contributed by atoms with van der Waals surface area (Å²) in [4.78, 5) is 10.2. The van der Waals surface area contributed by atoms with Crippen LogP contribution in [0.15, 0.2) is 83.3 Å². The number of nitrogens with zero attached hydrogens (tertiary/aromatic N) is 7. The van der Waals surface area contributed by atoms with Crippen molar-refractivity contribution in [3.05, 3.63) is 100 Å². The van der Waals surface area contributed by atoms with Gasteiger partial charge in [0.25, 0.3) is 0 Å². The number of rotatable bonds is 8. The minimum absolute atomic E-state index is 0.577. The number of aromatic amines is 1. The Morgan fingerprint density at radius 2 is 1.67 bits per heavy atom. The fourth-order valence-corrected chi connectivity index (χ4v) is 6.36. The van der Waals surface area contributed by atoms with Crippen molar-refractivity contribution in [2.45, 2.75) is 46.7 Å². The monoisotopic (exact) mass is 630 g/mol. The fourth-order valence-electron chi connectivity index (χ4n) is 6.01. The van der Waals surface area contributed by atoms with Gasteiger partial charge in [-0.1, -0.05) is 65.3 Å². The number of fused-ring (bicyclic) bond motifs is 2. The predicted molar refractivity (Wildman–Crippen MR) is 175 cm³/mol. The molecule has 3 aromatic heterocycles. The lowest BCUT2D eigenvalue weighted by atomic mass is 9.97. The molecule has 214 valence electrons. The summed E-state index contributed by atoms with van der Waals surface area (Å²) in [6.45, 7) is 8.02. The Morgan fingerprint density at radius 3 is 2.44 bits per heavy atom. The number of imidazole rings is 2. The van der Waals surface area contributed by atoms with Crippen LogP contribution in [0.2, 0.25) is 0 Å². The molecule has 0 aliphatic heterocycles. The fraction of sp³-hybridized carbons (Fsp3) is 0.206. The van der Waals surface area contributed by atoms with Crippen molar-refractivity contribution in [3.8, 4) is 33.9 Å². The molecule has 0 saturated heterocycles. The molecule has 4 aromatic carbocycles. The molecule has 0 atom stereocenters. The number of aromatic nitrogens is 8. The first-order valence-corrected chi connectivity index (χ1v) is 15.4. The molecule has 0 amide bonds. The summed E-state index contributed by atoms with van der Waals surface area (Å²) in [5.41, 5.74) is 10.8. The predicted octanol–water partition coefficient (Wildman–Crippen LogP) is 7.99. The van der Waals surface area contributed by atoms with Crippen LogP contribution in [0.5, 0.6) is 0 Å². The third-order valence-corrected chi connectivity index (χ3v) is 8.47. The molecular weight excluding hydrogens is 600 g/mol. The Labute approximate surface area is 257 Å². The zero-order valence-electron chi connectivity index (χ0n) is 24.3. The largest absolute Gasteiger partial charge is 0.324 e. The molecule has 0 radical (unpaired) electrons. The number of tetrazole rings is 1. The summed E-state index contributed by atoms with van der Waals surface area (Å²) >= 11 is 3.61. The third-order valence-electron chi connectivity index (χ3n) is 7.98. The minimum atomic E-state index is 0.577. The van der Waals surface area contributed by atoms with Crippen molar-refractivity contribution in [2.24, 2.45) is 0 Å².